The van der Waals surface area contributed by atoms with E-state index in [4.69, 9.17) is 0 Å². The highest BCUT2D eigenvalue weighted by molar-refractivity contribution is 6.09. The van der Waals surface area contributed by atoms with E-state index in [1.807, 2.05) is 0 Å². The van der Waals surface area contributed by atoms with Gasteiger partial charge in [0, 0.05) is 23.3 Å². The first kappa shape index (κ1) is 20.2. The van der Waals surface area contributed by atoms with Gasteiger partial charge in [0.15, 0.2) is 0 Å². The van der Waals surface area contributed by atoms with Crippen LogP contribution in [0, 0.1) is 10.1 Å². The summed E-state index contributed by atoms with van der Waals surface area (Å²) >= 11 is 0. The van der Waals surface area contributed by atoms with Crippen molar-refractivity contribution in [2.45, 2.75) is 0 Å². The van der Waals surface area contributed by atoms with Crippen molar-refractivity contribution in [1.29, 1.82) is 0 Å². The Labute approximate surface area is 170 Å². The summed E-state index contributed by atoms with van der Waals surface area (Å²) in [7, 11) is 0. The third kappa shape index (κ3) is 4.84. The van der Waals surface area contributed by atoms with Crippen LogP contribution in [0.5, 0.6) is 0 Å². The van der Waals surface area contributed by atoms with Crippen LogP contribution in [0.2, 0.25) is 0 Å². The van der Waals surface area contributed by atoms with Crippen molar-refractivity contribution in [1.82, 2.24) is 10.9 Å². The number of non-ortho nitro benzene ring substituents is 1. The smallest absolute Gasteiger partial charge is 0.271 e. The first-order chi connectivity index (χ1) is 14.5. The zero-order valence-corrected chi connectivity index (χ0v) is 15.5. The van der Waals surface area contributed by atoms with Crippen molar-refractivity contribution in [2.75, 3.05) is 5.32 Å². The number of hydrazine groups is 1. The van der Waals surface area contributed by atoms with Gasteiger partial charge >= 0.3 is 0 Å². The minimum absolute atomic E-state index is 0.126. The van der Waals surface area contributed by atoms with Crippen LogP contribution in [-0.2, 0) is 0 Å². The molecule has 30 heavy (non-hydrogen) atoms. The summed E-state index contributed by atoms with van der Waals surface area (Å²) in [5.74, 6) is -1.66. The fraction of sp³-hybridized carbons (Fsp3) is 0. The van der Waals surface area contributed by atoms with Gasteiger partial charge in [0.25, 0.3) is 23.4 Å². The van der Waals surface area contributed by atoms with E-state index in [0.29, 0.717) is 5.56 Å². The van der Waals surface area contributed by atoms with Gasteiger partial charge in [-0.15, -0.1) is 0 Å². The molecule has 3 aromatic rings. The number of nitro benzene ring substituents is 1. The summed E-state index contributed by atoms with van der Waals surface area (Å²) in [5.41, 5.74) is 5.38. The molecule has 3 amide bonds. The van der Waals surface area contributed by atoms with Crippen molar-refractivity contribution >= 4 is 29.1 Å². The molecule has 0 heterocycles. The van der Waals surface area contributed by atoms with E-state index in [1.165, 1.54) is 36.4 Å². The second kappa shape index (κ2) is 9.11. The molecule has 0 aliphatic heterocycles. The Kier molecular flexibility index (Phi) is 6.14. The molecule has 9 nitrogen and oxygen atoms in total. The summed E-state index contributed by atoms with van der Waals surface area (Å²) in [4.78, 5) is 47.1. The number of amides is 3. The van der Waals surface area contributed by atoms with E-state index in [1.54, 1.807) is 42.5 Å². The van der Waals surface area contributed by atoms with Crippen LogP contribution in [0.1, 0.15) is 31.1 Å². The molecule has 3 N–H and O–H groups in total. The second-order valence-electron chi connectivity index (χ2n) is 6.08. The van der Waals surface area contributed by atoms with Crippen LogP contribution < -0.4 is 16.2 Å². The molecule has 0 unspecified atom stereocenters. The number of carbonyl (C=O) groups excluding carboxylic acids is 3. The highest BCUT2D eigenvalue weighted by Gasteiger charge is 2.16. The molecule has 0 atom stereocenters. The molecule has 0 aliphatic carbocycles. The predicted molar refractivity (Wildman–Crippen MR) is 109 cm³/mol. The fourth-order valence-corrected chi connectivity index (χ4v) is 2.56. The number of hydrogen-bond donors (Lipinski definition) is 3. The summed E-state index contributed by atoms with van der Waals surface area (Å²) in [6.45, 7) is 0. The summed E-state index contributed by atoms with van der Waals surface area (Å²) < 4.78 is 0. The average molecular weight is 404 g/mol. The molecule has 0 aliphatic rings. The zero-order chi connectivity index (χ0) is 21.5. The lowest BCUT2D eigenvalue weighted by atomic mass is 10.1. The molecule has 3 rings (SSSR count). The number of carbonyl (C=O) groups is 3. The third-order valence-electron chi connectivity index (χ3n) is 4.09. The standard InChI is InChI=1S/C21H16N4O5/c26-19(15-10-12-16(13-11-15)25(29)30)22-18-9-5-4-8-17(18)21(28)24-23-20(27)14-6-2-1-3-7-14/h1-13H,(H,22,26)(H,23,27)(H,24,28). The van der Waals surface area contributed by atoms with Crippen LogP contribution in [0.3, 0.4) is 0 Å². The minimum Gasteiger partial charge on any atom is -0.321 e. The van der Waals surface area contributed by atoms with Crippen LogP contribution >= 0.6 is 0 Å². The molecule has 0 fully saturated rings. The maximum atomic E-state index is 12.5. The number of rotatable bonds is 5. The van der Waals surface area contributed by atoms with E-state index in [2.05, 4.69) is 16.2 Å². The van der Waals surface area contributed by atoms with Crippen molar-refractivity contribution in [2.24, 2.45) is 0 Å². The Hall–Kier alpha value is -4.53. The molecular formula is C21H16N4O5. The fourth-order valence-electron chi connectivity index (χ4n) is 2.56. The van der Waals surface area contributed by atoms with Crippen molar-refractivity contribution < 1.29 is 19.3 Å². The van der Waals surface area contributed by atoms with E-state index >= 15 is 0 Å². The molecule has 9 heteroatoms. The van der Waals surface area contributed by atoms with Crippen LogP contribution in [-0.4, -0.2) is 22.6 Å². The maximum absolute atomic E-state index is 12.5. The van der Waals surface area contributed by atoms with Crippen molar-refractivity contribution in [3.05, 3.63) is 106 Å². The topological polar surface area (TPSA) is 130 Å². The largest absolute Gasteiger partial charge is 0.321 e. The average Bonchev–Trinajstić information content (AvgIpc) is 2.78. The molecule has 0 aromatic heterocycles. The Bertz CT molecular complexity index is 1100. The number of nitro groups is 1. The van der Waals surface area contributed by atoms with Gasteiger partial charge in [0.1, 0.15) is 0 Å². The lowest BCUT2D eigenvalue weighted by Crippen LogP contribution is -2.41. The first-order valence-corrected chi connectivity index (χ1v) is 8.76. The number of benzene rings is 3. The molecular weight excluding hydrogens is 388 g/mol. The maximum Gasteiger partial charge on any atom is 0.271 e. The normalized spacial score (nSPS) is 10.0. The van der Waals surface area contributed by atoms with E-state index in [-0.39, 0.29) is 22.5 Å². The first-order valence-electron chi connectivity index (χ1n) is 8.76. The number of nitrogens with one attached hydrogen (secondary N) is 3. The molecule has 0 bridgehead atoms. The summed E-state index contributed by atoms with van der Waals surface area (Å²) in [6.07, 6.45) is 0. The number of hydrogen-bond acceptors (Lipinski definition) is 5. The Balaban J connectivity index is 1.69. The quantitative estimate of drug-likeness (QED) is 0.445. The van der Waals surface area contributed by atoms with Gasteiger partial charge in [0.05, 0.1) is 16.2 Å². The molecule has 150 valence electrons. The molecule has 3 aromatic carbocycles. The predicted octanol–water partition coefficient (Wildman–Crippen LogP) is 2.92. The minimum atomic E-state index is -0.626. The van der Waals surface area contributed by atoms with E-state index < -0.39 is 22.6 Å². The Morgan fingerprint density at radius 1 is 0.667 bits per heavy atom. The molecule has 0 saturated heterocycles. The van der Waals surface area contributed by atoms with Crippen LogP contribution in [0.4, 0.5) is 11.4 Å². The molecule has 0 spiro atoms. The van der Waals surface area contributed by atoms with Crippen LogP contribution in [0.25, 0.3) is 0 Å². The lowest BCUT2D eigenvalue weighted by molar-refractivity contribution is -0.384. The SMILES string of the molecule is O=C(NNC(=O)c1ccccc1NC(=O)c1ccc([N+](=O)[O-])cc1)c1ccccc1. The highest BCUT2D eigenvalue weighted by atomic mass is 16.6. The number of nitrogens with zero attached hydrogens (tertiary/aromatic N) is 1. The van der Waals surface area contributed by atoms with Crippen molar-refractivity contribution in [3.8, 4) is 0 Å². The Morgan fingerprint density at radius 2 is 1.23 bits per heavy atom. The highest BCUT2D eigenvalue weighted by Crippen LogP contribution is 2.17. The second-order valence-corrected chi connectivity index (χ2v) is 6.08. The Morgan fingerprint density at radius 3 is 1.90 bits per heavy atom. The number of para-hydroxylation sites is 1. The van der Waals surface area contributed by atoms with Crippen LogP contribution in [0.15, 0.2) is 78.9 Å². The summed E-state index contributed by atoms with van der Waals surface area (Å²) in [6, 6.07) is 19.6. The zero-order valence-electron chi connectivity index (χ0n) is 15.5. The lowest BCUT2D eigenvalue weighted by Gasteiger charge is -2.12. The van der Waals surface area contributed by atoms with Gasteiger partial charge in [-0.2, -0.15) is 0 Å². The van der Waals surface area contributed by atoms with Gasteiger partial charge in [-0.25, -0.2) is 0 Å². The van der Waals surface area contributed by atoms with Crippen molar-refractivity contribution in [3.63, 3.8) is 0 Å². The van der Waals surface area contributed by atoms with Gasteiger partial charge in [-0.05, 0) is 36.4 Å². The van der Waals surface area contributed by atoms with E-state index in [0.717, 1.165) is 0 Å². The van der Waals surface area contributed by atoms with Gasteiger partial charge < -0.3 is 5.32 Å². The third-order valence-corrected chi connectivity index (χ3v) is 4.09. The van der Waals surface area contributed by atoms with Gasteiger partial charge in [-0.1, -0.05) is 30.3 Å². The van der Waals surface area contributed by atoms with E-state index in [9.17, 15) is 24.5 Å². The summed E-state index contributed by atoms with van der Waals surface area (Å²) in [5, 5.41) is 13.3. The van der Waals surface area contributed by atoms with Gasteiger partial charge in [0.2, 0.25) is 0 Å². The monoisotopic (exact) mass is 404 g/mol. The van der Waals surface area contributed by atoms with Gasteiger partial charge in [-0.3, -0.25) is 35.3 Å². The molecule has 0 saturated carbocycles. The number of anilines is 1. The molecule has 0 radical (unpaired) electrons.